The van der Waals surface area contributed by atoms with Crippen LogP contribution in [0.1, 0.15) is 72.6 Å². The zero-order valence-corrected chi connectivity index (χ0v) is 20.5. The molecule has 1 rings (SSSR count). The second-order valence-electron chi connectivity index (χ2n) is 9.40. The van der Waals surface area contributed by atoms with Crippen molar-refractivity contribution in [3.05, 3.63) is 0 Å². The van der Waals surface area contributed by atoms with Crippen LogP contribution in [0.25, 0.3) is 0 Å². The summed E-state index contributed by atoms with van der Waals surface area (Å²) in [5.74, 6) is -2.37. The summed E-state index contributed by atoms with van der Waals surface area (Å²) in [7, 11) is 0. The average Bonchev–Trinajstić information content (AvgIpc) is 3.30. The van der Waals surface area contributed by atoms with Crippen LogP contribution < -0.4 is 27.0 Å². The minimum Gasteiger partial charge on any atom is -0.480 e. The third kappa shape index (κ3) is 10.1. The Morgan fingerprint density at radius 3 is 2.21 bits per heavy atom. The SMILES string of the molecule is CCC(C)C(NC(=O)C1CCCN1)C(=O)NC(CC(C)C)C(=O)NC(CCCCN)C(=O)O. The summed E-state index contributed by atoms with van der Waals surface area (Å²) in [5, 5.41) is 20.8. The Bertz CT molecular complexity index is 651. The Labute approximate surface area is 197 Å². The second kappa shape index (κ2) is 14.8. The summed E-state index contributed by atoms with van der Waals surface area (Å²) in [4.78, 5) is 50.3. The number of carbonyl (C=O) groups is 4. The summed E-state index contributed by atoms with van der Waals surface area (Å²) in [6.07, 6.45) is 4.15. The lowest BCUT2D eigenvalue weighted by atomic mass is 9.96. The monoisotopic (exact) mass is 469 g/mol. The van der Waals surface area contributed by atoms with Gasteiger partial charge in [-0.1, -0.05) is 34.1 Å². The molecule has 7 N–H and O–H groups in total. The third-order valence-corrected chi connectivity index (χ3v) is 6.07. The van der Waals surface area contributed by atoms with Gasteiger partial charge in [0.1, 0.15) is 18.1 Å². The van der Waals surface area contributed by atoms with Gasteiger partial charge in [0.05, 0.1) is 6.04 Å². The van der Waals surface area contributed by atoms with E-state index in [1.54, 1.807) is 0 Å². The molecule has 5 unspecified atom stereocenters. The lowest BCUT2D eigenvalue weighted by Gasteiger charge is -2.28. The molecule has 5 atom stereocenters. The van der Waals surface area contributed by atoms with E-state index in [1.165, 1.54) is 0 Å². The van der Waals surface area contributed by atoms with Gasteiger partial charge in [0.15, 0.2) is 0 Å². The Morgan fingerprint density at radius 2 is 1.70 bits per heavy atom. The lowest BCUT2D eigenvalue weighted by molar-refractivity contribution is -0.142. The smallest absolute Gasteiger partial charge is 0.326 e. The number of amides is 3. The number of nitrogens with one attached hydrogen (secondary N) is 4. The van der Waals surface area contributed by atoms with E-state index in [0.29, 0.717) is 32.2 Å². The Kier molecular flexibility index (Phi) is 13.0. The third-order valence-electron chi connectivity index (χ3n) is 6.07. The topological polar surface area (TPSA) is 163 Å². The molecule has 10 nitrogen and oxygen atoms in total. The minimum absolute atomic E-state index is 0.0842. The highest BCUT2D eigenvalue weighted by atomic mass is 16.4. The predicted octanol–water partition coefficient (Wildman–Crippen LogP) is 0.499. The van der Waals surface area contributed by atoms with Gasteiger partial charge in [-0.25, -0.2) is 4.79 Å². The van der Waals surface area contributed by atoms with Crippen molar-refractivity contribution in [2.45, 2.75) is 96.8 Å². The number of nitrogens with two attached hydrogens (primary N) is 1. The molecular weight excluding hydrogens is 426 g/mol. The van der Waals surface area contributed by atoms with Gasteiger partial charge in [-0.2, -0.15) is 0 Å². The number of hydrogen-bond acceptors (Lipinski definition) is 6. The van der Waals surface area contributed by atoms with Crippen LogP contribution in [0.2, 0.25) is 0 Å². The molecule has 0 spiro atoms. The zero-order valence-electron chi connectivity index (χ0n) is 20.5. The van der Waals surface area contributed by atoms with E-state index >= 15 is 0 Å². The number of aliphatic carboxylic acids is 1. The van der Waals surface area contributed by atoms with E-state index < -0.39 is 35.9 Å². The fourth-order valence-corrected chi connectivity index (χ4v) is 3.85. The summed E-state index contributed by atoms with van der Waals surface area (Å²) in [6, 6.07) is -3.05. The summed E-state index contributed by atoms with van der Waals surface area (Å²) < 4.78 is 0. The van der Waals surface area contributed by atoms with Gasteiger partial charge in [-0.05, 0) is 63.5 Å². The first-order chi connectivity index (χ1) is 15.6. The Hall–Kier alpha value is -2.20. The number of carboxylic acid groups (broad SMARTS) is 1. The highest BCUT2D eigenvalue weighted by Gasteiger charge is 2.33. The number of unbranched alkanes of at least 4 members (excludes halogenated alkanes) is 1. The first kappa shape index (κ1) is 28.8. The van der Waals surface area contributed by atoms with Gasteiger partial charge in [0, 0.05) is 0 Å². The molecule has 0 aromatic carbocycles. The van der Waals surface area contributed by atoms with Gasteiger partial charge < -0.3 is 32.1 Å². The van der Waals surface area contributed by atoms with Crippen molar-refractivity contribution in [1.29, 1.82) is 0 Å². The summed E-state index contributed by atoms with van der Waals surface area (Å²) >= 11 is 0. The summed E-state index contributed by atoms with van der Waals surface area (Å²) in [6.45, 7) is 8.87. The van der Waals surface area contributed by atoms with Crippen LogP contribution in [-0.4, -0.2) is 66.1 Å². The molecule has 0 saturated carbocycles. The first-order valence-corrected chi connectivity index (χ1v) is 12.2. The fourth-order valence-electron chi connectivity index (χ4n) is 3.85. The van der Waals surface area contributed by atoms with Gasteiger partial charge in [0.25, 0.3) is 0 Å². The molecule has 1 aliphatic rings. The van der Waals surface area contributed by atoms with E-state index in [9.17, 15) is 24.3 Å². The molecule has 33 heavy (non-hydrogen) atoms. The van der Waals surface area contributed by atoms with Crippen LogP contribution in [-0.2, 0) is 19.2 Å². The lowest BCUT2D eigenvalue weighted by Crippen LogP contribution is -2.58. The van der Waals surface area contributed by atoms with Gasteiger partial charge >= 0.3 is 5.97 Å². The number of carboxylic acids is 1. The molecule has 0 aliphatic carbocycles. The molecule has 190 valence electrons. The highest BCUT2D eigenvalue weighted by Crippen LogP contribution is 2.13. The number of hydrogen-bond donors (Lipinski definition) is 6. The highest BCUT2D eigenvalue weighted by molar-refractivity contribution is 5.94. The maximum atomic E-state index is 13.2. The first-order valence-electron chi connectivity index (χ1n) is 12.2. The van der Waals surface area contributed by atoms with E-state index in [4.69, 9.17) is 5.73 Å². The molecule has 0 aromatic rings. The molecule has 3 amide bonds. The number of rotatable bonds is 15. The average molecular weight is 470 g/mol. The Balaban J connectivity index is 2.90. The van der Waals surface area contributed by atoms with Crippen molar-refractivity contribution in [2.75, 3.05) is 13.1 Å². The largest absolute Gasteiger partial charge is 0.480 e. The van der Waals surface area contributed by atoms with Crippen molar-refractivity contribution < 1.29 is 24.3 Å². The van der Waals surface area contributed by atoms with Crippen LogP contribution in [0.15, 0.2) is 0 Å². The van der Waals surface area contributed by atoms with Crippen LogP contribution >= 0.6 is 0 Å². The molecule has 1 saturated heterocycles. The van der Waals surface area contributed by atoms with Crippen molar-refractivity contribution in [3.8, 4) is 0 Å². The van der Waals surface area contributed by atoms with E-state index in [1.807, 2.05) is 27.7 Å². The minimum atomic E-state index is -1.12. The van der Waals surface area contributed by atoms with E-state index in [2.05, 4.69) is 21.3 Å². The van der Waals surface area contributed by atoms with Crippen molar-refractivity contribution in [2.24, 2.45) is 17.6 Å². The van der Waals surface area contributed by atoms with Crippen LogP contribution in [0.5, 0.6) is 0 Å². The fraction of sp³-hybridized carbons (Fsp3) is 0.826. The van der Waals surface area contributed by atoms with E-state index in [-0.39, 0.29) is 30.2 Å². The molecule has 1 fully saturated rings. The maximum absolute atomic E-state index is 13.2. The van der Waals surface area contributed by atoms with Crippen LogP contribution in [0.4, 0.5) is 0 Å². The predicted molar refractivity (Wildman–Crippen MR) is 126 cm³/mol. The molecule has 1 aliphatic heterocycles. The second-order valence-corrected chi connectivity index (χ2v) is 9.40. The molecule has 10 heteroatoms. The molecule has 0 aromatic heterocycles. The van der Waals surface area contributed by atoms with Gasteiger partial charge in [-0.15, -0.1) is 0 Å². The number of carbonyl (C=O) groups excluding carboxylic acids is 3. The molecule has 0 radical (unpaired) electrons. The summed E-state index contributed by atoms with van der Waals surface area (Å²) in [5.41, 5.74) is 5.47. The van der Waals surface area contributed by atoms with Crippen LogP contribution in [0.3, 0.4) is 0 Å². The van der Waals surface area contributed by atoms with Gasteiger partial charge in [-0.3, -0.25) is 14.4 Å². The molecule has 1 heterocycles. The van der Waals surface area contributed by atoms with Crippen LogP contribution in [0, 0.1) is 11.8 Å². The maximum Gasteiger partial charge on any atom is 0.326 e. The standard InChI is InChI=1S/C23H43N5O5/c1-5-15(4)19(28-20(29)16-10-8-12-25-16)22(31)27-18(13-14(2)3)21(30)26-17(23(32)33)9-6-7-11-24/h14-19,25H,5-13,24H2,1-4H3,(H,26,30)(H,27,31)(H,28,29)(H,32,33). The molecular formula is C23H43N5O5. The van der Waals surface area contributed by atoms with Gasteiger partial charge in [0.2, 0.25) is 17.7 Å². The van der Waals surface area contributed by atoms with Crippen molar-refractivity contribution in [1.82, 2.24) is 21.3 Å². The molecule has 0 bridgehead atoms. The van der Waals surface area contributed by atoms with E-state index in [0.717, 1.165) is 19.4 Å². The Morgan fingerprint density at radius 1 is 1.03 bits per heavy atom. The quantitative estimate of drug-likeness (QED) is 0.190. The zero-order chi connectivity index (χ0) is 25.0. The van der Waals surface area contributed by atoms with Crippen molar-refractivity contribution in [3.63, 3.8) is 0 Å². The van der Waals surface area contributed by atoms with Crippen molar-refractivity contribution >= 4 is 23.7 Å². The normalized spacial score (nSPS) is 19.4.